The highest BCUT2D eigenvalue weighted by atomic mass is 32.1. The second-order valence-corrected chi connectivity index (χ2v) is 6.86. The fourth-order valence-electron chi connectivity index (χ4n) is 2.69. The number of ether oxygens (including phenoxy) is 2. The van der Waals surface area contributed by atoms with Crippen LogP contribution in [0, 0.1) is 6.92 Å². The molecule has 0 unspecified atom stereocenters. The van der Waals surface area contributed by atoms with E-state index in [1.165, 1.54) is 16.9 Å². The summed E-state index contributed by atoms with van der Waals surface area (Å²) in [6.07, 6.45) is 0. The largest absolute Gasteiger partial charge is 0.497 e. The molecule has 136 valence electrons. The molecular formula is C20H22N2O3S. The van der Waals surface area contributed by atoms with E-state index in [4.69, 9.17) is 9.47 Å². The van der Waals surface area contributed by atoms with Gasteiger partial charge in [0.15, 0.2) is 4.80 Å². The van der Waals surface area contributed by atoms with Gasteiger partial charge in [-0.1, -0.05) is 23.5 Å². The summed E-state index contributed by atoms with van der Waals surface area (Å²) in [4.78, 5) is 17.7. The summed E-state index contributed by atoms with van der Waals surface area (Å²) in [7, 11) is 1.58. The maximum atomic E-state index is 12.6. The molecule has 1 amide bonds. The van der Waals surface area contributed by atoms with Crippen LogP contribution in [0.1, 0.15) is 22.8 Å². The number of thiazole rings is 1. The topological polar surface area (TPSA) is 52.8 Å². The summed E-state index contributed by atoms with van der Waals surface area (Å²) >= 11 is 1.52. The van der Waals surface area contributed by atoms with Crippen molar-refractivity contribution in [1.82, 2.24) is 4.57 Å². The summed E-state index contributed by atoms with van der Waals surface area (Å²) in [5.41, 5.74) is 2.76. The Labute approximate surface area is 156 Å². The van der Waals surface area contributed by atoms with Gasteiger partial charge in [-0.25, -0.2) is 0 Å². The molecule has 0 fully saturated rings. The fourth-order valence-corrected chi connectivity index (χ4v) is 3.84. The number of fused-ring (bicyclic) bond motifs is 1. The molecule has 2 aromatic carbocycles. The lowest BCUT2D eigenvalue weighted by molar-refractivity contribution is 0.0996. The van der Waals surface area contributed by atoms with Crippen molar-refractivity contribution < 1.29 is 14.3 Å². The van der Waals surface area contributed by atoms with Gasteiger partial charge in [0.2, 0.25) is 0 Å². The molecule has 0 bridgehead atoms. The Morgan fingerprint density at radius 1 is 1.23 bits per heavy atom. The highest BCUT2D eigenvalue weighted by Crippen LogP contribution is 2.19. The van der Waals surface area contributed by atoms with E-state index in [1.54, 1.807) is 31.4 Å². The van der Waals surface area contributed by atoms with Gasteiger partial charge in [-0.05, 0) is 49.7 Å². The maximum absolute atomic E-state index is 12.6. The van der Waals surface area contributed by atoms with E-state index < -0.39 is 0 Å². The van der Waals surface area contributed by atoms with Crippen molar-refractivity contribution in [2.24, 2.45) is 4.99 Å². The molecule has 3 aromatic rings. The molecule has 26 heavy (non-hydrogen) atoms. The molecule has 6 heteroatoms. The Morgan fingerprint density at radius 2 is 2.08 bits per heavy atom. The van der Waals surface area contributed by atoms with Crippen molar-refractivity contribution in [3.63, 3.8) is 0 Å². The summed E-state index contributed by atoms with van der Waals surface area (Å²) in [6.45, 7) is 5.92. The molecule has 0 saturated carbocycles. The van der Waals surface area contributed by atoms with Gasteiger partial charge in [0.05, 0.1) is 23.9 Å². The summed E-state index contributed by atoms with van der Waals surface area (Å²) in [5.74, 6) is 0.361. The van der Waals surface area contributed by atoms with Gasteiger partial charge in [0.25, 0.3) is 5.91 Å². The van der Waals surface area contributed by atoms with Crippen LogP contribution in [-0.4, -0.2) is 30.8 Å². The van der Waals surface area contributed by atoms with Crippen LogP contribution in [0.3, 0.4) is 0 Å². The second-order valence-electron chi connectivity index (χ2n) is 5.85. The minimum atomic E-state index is -0.280. The Morgan fingerprint density at radius 3 is 2.85 bits per heavy atom. The Bertz CT molecular complexity index is 988. The molecule has 0 aliphatic heterocycles. The molecule has 5 nitrogen and oxygen atoms in total. The van der Waals surface area contributed by atoms with Crippen LogP contribution in [0.15, 0.2) is 47.5 Å². The number of aromatic nitrogens is 1. The predicted molar refractivity (Wildman–Crippen MR) is 104 cm³/mol. The number of hydrogen-bond donors (Lipinski definition) is 0. The van der Waals surface area contributed by atoms with E-state index >= 15 is 0 Å². The molecule has 1 aromatic heterocycles. The fraction of sp³-hybridized carbons (Fsp3) is 0.300. The maximum Gasteiger partial charge on any atom is 0.279 e. The average Bonchev–Trinajstić information content (AvgIpc) is 2.98. The molecule has 3 rings (SSSR count). The van der Waals surface area contributed by atoms with Crippen molar-refractivity contribution in [3.8, 4) is 5.75 Å². The third-order valence-electron chi connectivity index (χ3n) is 4.02. The number of benzene rings is 2. The second kappa shape index (κ2) is 8.29. The third kappa shape index (κ3) is 4.03. The zero-order valence-corrected chi connectivity index (χ0v) is 16.0. The van der Waals surface area contributed by atoms with E-state index in [9.17, 15) is 4.79 Å². The highest BCUT2D eigenvalue weighted by molar-refractivity contribution is 7.16. The van der Waals surface area contributed by atoms with Gasteiger partial charge >= 0.3 is 0 Å². The zero-order chi connectivity index (χ0) is 18.5. The van der Waals surface area contributed by atoms with E-state index in [-0.39, 0.29) is 5.91 Å². The monoisotopic (exact) mass is 370 g/mol. The molecular weight excluding hydrogens is 348 g/mol. The van der Waals surface area contributed by atoms with Crippen LogP contribution in [0.4, 0.5) is 0 Å². The van der Waals surface area contributed by atoms with E-state index in [1.807, 2.05) is 11.5 Å². The number of carbonyl (C=O) groups excluding carboxylic acids is 1. The SMILES string of the molecule is CCOCCn1c(=NC(=O)c2cccc(OC)c2)sc2cc(C)ccc21. The number of aryl methyl sites for hydroxylation is 1. The van der Waals surface area contributed by atoms with E-state index in [0.717, 1.165) is 10.2 Å². The normalized spacial score (nSPS) is 11.9. The zero-order valence-electron chi connectivity index (χ0n) is 15.2. The van der Waals surface area contributed by atoms with Crippen LogP contribution < -0.4 is 9.54 Å². The average molecular weight is 370 g/mol. The Kier molecular flexibility index (Phi) is 5.85. The summed E-state index contributed by atoms with van der Waals surface area (Å²) in [5, 5.41) is 0. The number of methoxy groups -OCH3 is 1. The first kappa shape index (κ1) is 18.4. The molecule has 0 radical (unpaired) electrons. The minimum absolute atomic E-state index is 0.280. The van der Waals surface area contributed by atoms with Gasteiger partial charge in [0, 0.05) is 18.7 Å². The quantitative estimate of drug-likeness (QED) is 0.620. The molecule has 0 atom stereocenters. The van der Waals surface area contributed by atoms with Crippen LogP contribution in [0.2, 0.25) is 0 Å². The van der Waals surface area contributed by atoms with Crippen molar-refractivity contribution in [3.05, 3.63) is 58.4 Å². The molecule has 0 N–H and O–H groups in total. The van der Waals surface area contributed by atoms with Crippen molar-refractivity contribution in [2.75, 3.05) is 20.3 Å². The van der Waals surface area contributed by atoms with Crippen LogP contribution in [-0.2, 0) is 11.3 Å². The highest BCUT2D eigenvalue weighted by Gasteiger charge is 2.10. The Balaban J connectivity index is 2.05. The Hall–Kier alpha value is -2.44. The molecule has 0 saturated heterocycles. The summed E-state index contributed by atoms with van der Waals surface area (Å²) < 4.78 is 13.8. The predicted octanol–water partition coefficient (Wildman–Crippen LogP) is 3.80. The van der Waals surface area contributed by atoms with Crippen molar-refractivity contribution in [2.45, 2.75) is 20.4 Å². The van der Waals surface area contributed by atoms with Gasteiger partial charge in [-0.3, -0.25) is 4.79 Å². The number of carbonyl (C=O) groups is 1. The first-order valence-electron chi connectivity index (χ1n) is 8.53. The van der Waals surface area contributed by atoms with Gasteiger partial charge < -0.3 is 14.0 Å². The lowest BCUT2D eigenvalue weighted by atomic mass is 10.2. The van der Waals surface area contributed by atoms with Crippen LogP contribution in [0.25, 0.3) is 10.2 Å². The molecule has 1 heterocycles. The molecule has 0 aliphatic rings. The number of hydrogen-bond acceptors (Lipinski definition) is 4. The van der Waals surface area contributed by atoms with Gasteiger partial charge in [-0.2, -0.15) is 4.99 Å². The standard InChI is InChI=1S/C20H22N2O3S/c1-4-25-11-10-22-17-9-8-14(2)12-18(17)26-20(22)21-19(23)15-6-5-7-16(13-15)24-3/h5-9,12-13H,4,10-11H2,1-3H3. The number of rotatable bonds is 6. The van der Waals surface area contributed by atoms with E-state index in [2.05, 4.69) is 30.1 Å². The number of nitrogens with zero attached hydrogens (tertiary/aromatic N) is 2. The number of amides is 1. The van der Waals surface area contributed by atoms with Crippen molar-refractivity contribution >= 4 is 27.5 Å². The van der Waals surface area contributed by atoms with Crippen LogP contribution in [0.5, 0.6) is 5.75 Å². The first-order valence-corrected chi connectivity index (χ1v) is 9.35. The lowest BCUT2D eigenvalue weighted by Gasteiger charge is -2.06. The minimum Gasteiger partial charge on any atom is -0.497 e. The first-order chi connectivity index (χ1) is 12.6. The lowest BCUT2D eigenvalue weighted by Crippen LogP contribution is -2.19. The molecule has 0 spiro atoms. The smallest absolute Gasteiger partial charge is 0.279 e. The van der Waals surface area contributed by atoms with Gasteiger partial charge in [-0.15, -0.1) is 0 Å². The summed E-state index contributed by atoms with van der Waals surface area (Å²) in [6, 6.07) is 13.3. The van der Waals surface area contributed by atoms with Crippen molar-refractivity contribution in [1.29, 1.82) is 0 Å². The van der Waals surface area contributed by atoms with Crippen LogP contribution >= 0.6 is 11.3 Å². The molecule has 0 aliphatic carbocycles. The van der Waals surface area contributed by atoms with Gasteiger partial charge in [0.1, 0.15) is 5.75 Å². The van der Waals surface area contributed by atoms with E-state index in [0.29, 0.717) is 35.9 Å². The third-order valence-corrected chi connectivity index (χ3v) is 5.06.